The van der Waals surface area contributed by atoms with Gasteiger partial charge in [-0.1, -0.05) is 31.9 Å². The van der Waals surface area contributed by atoms with E-state index in [2.05, 4.69) is 78.4 Å². The fourth-order valence-corrected chi connectivity index (χ4v) is 4.39. The minimum absolute atomic E-state index is 0.0250. The minimum Gasteiger partial charge on any atom is -0.382 e. The molecule has 226 valence electrons. The molecule has 0 aliphatic carbocycles. The Bertz CT molecular complexity index is 1540. The lowest BCUT2D eigenvalue weighted by atomic mass is 10.2. The molecular weight excluding hydrogens is 690 g/mol. The third-order valence-electron chi connectivity index (χ3n) is 5.36. The highest BCUT2D eigenvalue weighted by Crippen LogP contribution is 2.35. The predicted molar refractivity (Wildman–Crippen MR) is 174 cm³/mol. The number of anilines is 5. The quantitative estimate of drug-likeness (QED) is 0.0498. The summed E-state index contributed by atoms with van der Waals surface area (Å²) >= 11 is 6.76. The largest absolute Gasteiger partial charge is 0.382 e. The minimum atomic E-state index is -0.636. The van der Waals surface area contributed by atoms with Crippen LogP contribution in [-0.2, 0) is 4.79 Å². The van der Waals surface area contributed by atoms with E-state index < -0.39 is 11.8 Å². The molecule has 0 bridgehead atoms. The van der Waals surface area contributed by atoms with Crippen LogP contribution in [0.3, 0.4) is 0 Å². The van der Waals surface area contributed by atoms with E-state index in [-0.39, 0.29) is 36.4 Å². The number of aromatic nitrogens is 2. The Balaban J connectivity index is 1.80. The van der Waals surface area contributed by atoms with E-state index in [1.165, 1.54) is 6.07 Å². The molecule has 0 spiro atoms. The number of carbonyl (C=O) groups excluding carboxylic acids is 3. The van der Waals surface area contributed by atoms with Crippen LogP contribution in [-0.4, -0.2) is 66.3 Å². The number of carbonyl (C=O) groups is 3. The molecule has 0 fully saturated rings. The van der Waals surface area contributed by atoms with Crippen molar-refractivity contribution in [3.63, 3.8) is 0 Å². The molecule has 3 rings (SSSR count). The highest BCUT2D eigenvalue weighted by Gasteiger charge is 2.18. The van der Waals surface area contributed by atoms with Crippen LogP contribution < -0.4 is 49.5 Å². The van der Waals surface area contributed by atoms with Crippen LogP contribution in [0.1, 0.15) is 21.0 Å². The van der Waals surface area contributed by atoms with Gasteiger partial charge in [-0.25, -0.2) is 9.97 Å². The summed E-state index contributed by atoms with van der Waals surface area (Å²) in [7, 11) is 0. The number of nitrogens with two attached hydrogens (primary N) is 4. The number of nitrogens with one attached hydrogen (secondary N) is 5. The summed E-state index contributed by atoms with van der Waals surface area (Å²) in [5.74, 6) is -1.31. The van der Waals surface area contributed by atoms with Gasteiger partial charge < -0.3 is 49.5 Å². The Morgan fingerprint density at radius 2 is 1.30 bits per heavy atom. The number of halogens is 2. The monoisotopic (exact) mass is 717 g/mol. The van der Waals surface area contributed by atoms with Gasteiger partial charge in [0.15, 0.2) is 11.9 Å². The standard InChI is InChI=1S/C25H29Br2N13O3/c26-13-1-2-15(32-3-5-34-24(28)29)16(7-13)39-22(42)19-10-20(37-11-36-19)23(43)40-18-9-14(27)8-17(38-12-41)21(18)33-4-6-35-25(30)31/h1-2,7-12,32-33H,3-6H2,(H,38,41)(H,39,42)(H,40,43)(H4,28,29,34)(H4,30,31,35). The zero-order chi connectivity index (χ0) is 31.4. The fraction of sp³-hybridized carbons (Fsp3) is 0.160. The van der Waals surface area contributed by atoms with E-state index in [1.54, 1.807) is 30.3 Å². The van der Waals surface area contributed by atoms with Gasteiger partial charge >= 0.3 is 0 Å². The molecule has 43 heavy (non-hydrogen) atoms. The number of aliphatic imine (C=N–C) groups is 2. The smallest absolute Gasteiger partial charge is 0.274 e. The number of amides is 3. The Morgan fingerprint density at radius 3 is 1.91 bits per heavy atom. The average molecular weight is 719 g/mol. The molecule has 0 aliphatic heterocycles. The van der Waals surface area contributed by atoms with Gasteiger partial charge in [-0.3, -0.25) is 24.4 Å². The Hall–Kier alpha value is -4.97. The van der Waals surface area contributed by atoms with Gasteiger partial charge in [0.05, 0.1) is 41.5 Å². The number of nitrogens with zero attached hydrogens (tertiary/aromatic N) is 4. The molecule has 3 amide bonds. The van der Waals surface area contributed by atoms with Crippen LogP contribution in [0, 0.1) is 0 Å². The van der Waals surface area contributed by atoms with Gasteiger partial charge in [0.1, 0.15) is 17.7 Å². The van der Waals surface area contributed by atoms with Crippen molar-refractivity contribution in [2.24, 2.45) is 32.9 Å². The van der Waals surface area contributed by atoms with Gasteiger partial charge in [0.25, 0.3) is 11.8 Å². The normalized spacial score (nSPS) is 10.2. The molecule has 0 saturated carbocycles. The van der Waals surface area contributed by atoms with Crippen molar-refractivity contribution in [2.75, 3.05) is 52.8 Å². The third-order valence-corrected chi connectivity index (χ3v) is 6.31. The molecule has 3 aromatic rings. The second-order valence-corrected chi connectivity index (χ2v) is 10.3. The molecule has 18 heteroatoms. The van der Waals surface area contributed by atoms with Crippen LogP contribution in [0.4, 0.5) is 28.4 Å². The molecule has 0 saturated heterocycles. The van der Waals surface area contributed by atoms with Crippen LogP contribution in [0.5, 0.6) is 0 Å². The van der Waals surface area contributed by atoms with Crippen LogP contribution in [0.2, 0.25) is 0 Å². The lowest BCUT2D eigenvalue weighted by Crippen LogP contribution is -2.24. The summed E-state index contributed by atoms with van der Waals surface area (Å²) in [5, 5.41) is 14.4. The first-order valence-electron chi connectivity index (χ1n) is 12.4. The van der Waals surface area contributed by atoms with Crippen molar-refractivity contribution in [2.45, 2.75) is 0 Å². The fourth-order valence-electron chi connectivity index (χ4n) is 3.57. The first-order valence-corrected chi connectivity index (χ1v) is 14.0. The Morgan fingerprint density at radius 1 is 0.744 bits per heavy atom. The summed E-state index contributed by atoms with van der Waals surface area (Å²) in [6.07, 6.45) is 1.61. The second-order valence-electron chi connectivity index (χ2n) is 8.49. The molecule has 0 atom stereocenters. The molecule has 1 heterocycles. The Labute approximate surface area is 262 Å². The zero-order valence-electron chi connectivity index (χ0n) is 22.5. The summed E-state index contributed by atoms with van der Waals surface area (Å²) in [6, 6.07) is 9.79. The molecule has 16 nitrogen and oxygen atoms in total. The first kappa shape index (κ1) is 32.5. The van der Waals surface area contributed by atoms with Crippen LogP contribution in [0.25, 0.3) is 0 Å². The maximum Gasteiger partial charge on any atom is 0.274 e. The number of hydrogen-bond acceptors (Lipinski definition) is 9. The topological polar surface area (TPSA) is 266 Å². The lowest BCUT2D eigenvalue weighted by molar-refractivity contribution is -0.105. The number of guanidine groups is 2. The maximum atomic E-state index is 13.2. The highest BCUT2D eigenvalue weighted by molar-refractivity contribution is 9.10. The summed E-state index contributed by atoms with van der Waals surface area (Å²) in [6.45, 7) is 1.26. The summed E-state index contributed by atoms with van der Waals surface area (Å²) < 4.78 is 1.29. The van der Waals surface area contributed by atoms with E-state index in [9.17, 15) is 14.4 Å². The molecule has 13 N–H and O–H groups in total. The van der Waals surface area contributed by atoms with Crippen molar-refractivity contribution in [1.29, 1.82) is 0 Å². The summed E-state index contributed by atoms with van der Waals surface area (Å²) in [4.78, 5) is 53.4. The molecular formula is C25H29Br2N13O3. The predicted octanol–water partition coefficient (Wildman–Crippen LogP) is 1.45. The van der Waals surface area contributed by atoms with Gasteiger partial charge in [-0.05, 0) is 30.3 Å². The van der Waals surface area contributed by atoms with Crippen LogP contribution in [0.15, 0.2) is 61.7 Å². The van der Waals surface area contributed by atoms with Crippen LogP contribution >= 0.6 is 31.9 Å². The lowest BCUT2D eigenvalue weighted by Gasteiger charge is -2.17. The number of hydrogen-bond donors (Lipinski definition) is 9. The Kier molecular flexibility index (Phi) is 12.0. The zero-order valence-corrected chi connectivity index (χ0v) is 25.7. The molecule has 2 aromatic carbocycles. The highest BCUT2D eigenvalue weighted by atomic mass is 79.9. The van der Waals surface area contributed by atoms with Crippen molar-refractivity contribution < 1.29 is 14.4 Å². The van der Waals surface area contributed by atoms with Gasteiger partial charge in [0, 0.05) is 28.1 Å². The molecule has 0 aliphatic rings. The average Bonchev–Trinajstić information content (AvgIpc) is 2.95. The van der Waals surface area contributed by atoms with E-state index >= 15 is 0 Å². The molecule has 0 radical (unpaired) electrons. The van der Waals surface area contributed by atoms with E-state index in [4.69, 9.17) is 22.9 Å². The second kappa shape index (κ2) is 15.9. The van der Waals surface area contributed by atoms with E-state index in [0.717, 1.165) is 10.8 Å². The van der Waals surface area contributed by atoms with Crippen molar-refractivity contribution in [1.82, 2.24) is 9.97 Å². The number of rotatable bonds is 14. The van der Waals surface area contributed by atoms with Gasteiger partial charge in [-0.15, -0.1) is 0 Å². The number of benzene rings is 2. The molecule has 1 aromatic heterocycles. The third kappa shape index (κ3) is 10.1. The SMILES string of the molecule is NC(N)=NCCNc1ccc(Br)cc1NC(=O)c1cc(C(=O)Nc2cc(Br)cc(NC=O)c2NCCN=C(N)N)ncn1. The van der Waals surface area contributed by atoms with Gasteiger partial charge in [-0.2, -0.15) is 0 Å². The molecule has 0 unspecified atom stereocenters. The van der Waals surface area contributed by atoms with Crippen molar-refractivity contribution >= 4 is 90.4 Å². The first-order chi connectivity index (χ1) is 20.6. The van der Waals surface area contributed by atoms with E-state index in [1.807, 2.05) is 0 Å². The summed E-state index contributed by atoms with van der Waals surface area (Å²) in [5.41, 5.74) is 23.5. The van der Waals surface area contributed by atoms with E-state index in [0.29, 0.717) is 52.4 Å². The van der Waals surface area contributed by atoms with Gasteiger partial charge in [0.2, 0.25) is 6.41 Å². The maximum absolute atomic E-state index is 13.2. The van der Waals surface area contributed by atoms with Crippen molar-refractivity contribution in [3.05, 3.63) is 63.1 Å². The van der Waals surface area contributed by atoms with Crippen molar-refractivity contribution in [3.8, 4) is 0 Å².